The summed E-state index contributed by atoms with van der Waals surface area (Å²) in [6.45, 7) is 58.0. The molecular weight excluding hydrogens is 1500 g/mol. The van der Waals surface area contributed by atoms with E-state index in [1.807, 2.05) is 50.7 Å². The van der Waals surface area contributed by atoms with Crippen LogP contribution < -0.4 is 26.2 Å². The van der Waals surface area contributed by atoms with Gasteiger partial charge in [0, 0.05) is 72.3 Å². The van der Waals surface area contributed by atoms with Gasteiger partial charge in [-0.2, -0.15) is 0 Å². The zero-order valence-corrected chi connectivity index (χ0v) is 78.6. The highest BCUT2D eigenvalue weighted by Crippen LogP contribution is 2.55. The molecule has 0 amide bonds. The summed E-state index contributed by atoms with van der Waals surface area (Å²) in [5.74, 6) is 0. The average molecular weight is 1640 g/mol. The third-order valence-electron chi connectivity index (χ3n) is 24.7. The molecule has 4 heterocycles. The Bertz CT molecular complexity index is 7010. The van der Waals surface area contributed by atoms with Crippen LogP contribution >= 0.6 is 0 Å². The van der Waals surface area contributed by atoms with Gasteiger partial charge in [0.2, 0.25) is 0 Å². The molecule has 0 unspecified atom stereocenters. The van der Waals surface area contributed by atoms with Crippen molar-refractivity contribution in [1.29, 1.82) is 0 Å². The van der Waals surface area contributed by atoms with Crippen LogP contribution in [0, 0.1) is 27.1 Å². The Labute approximate surface area is 760 Å². The molecule has 0 atom stereocenters. The molecule has 4 nitrogen and oxygen atoms in total. The minimum absolute atomic E-state index is 0.128. The maximum absolute atomic E-state index is 10.8. The van der Waals surface area contributed by atoms with E-state index in [0.717, 1.165) is 123 Å². The van der Waals surface area contributed by atoms with Gasteiger partial charge in [-0.1, -0.05) is 345 Å². The van der Waals surface area contributed by atoms with Gasteiger partial charge in [0.15, 0.2) is 0 Å². The first-order chi connectivity index (χ1) is 62.9. The molecule has 17 rings (SSSR count). The van der Waals surface area contributed by atoms with Crippen LogP contribution in [0.2, 0.25) is 0 Å². The molecule has 0 bridgehead atoms. The van der Waals surface area contributed by atoms with Crippen molar-refractivity contribution in [2.75, 3.05) is 9.80 Å². The van der Waals surface area contributed by atoms with Crippen molar-refractivity contribution in [3.05, 3.63) is 305 Å². The van der Waals surface area contributed by atoms with Gasteiger partial charge in [0.25, 0.3) is 6.71 Å². The van der Waals surface area contributed by atoms with E-state index >= 15 is 0 Å². The lowest BCUT2D eigenvalue weighted by atomic mass is 9.33. The molecule has 0 spiro atoms. The first kappa shape index (κ1) is 71.4. The Morgan fingerprint density at radius 1 is 0.274 bits per heavy atom. The van der Waals surface area contributed by atoms with E-state index in [1.54, 1.807) is 0 Å². The number of hydrogen-bond donors (Lipinski definition) is 0. The molecule has 15 aromatic rings. The van der Waals surface area contributed by atoms with Gasteiger partial charge in [0.05, 0.1) is 44.4 Å². The molecule has 13 aromatic carbocycles. The molecule has 0 N–H and O–H groups in total. The highest BCUT2D eigenvalue weighted by molar-refractivity contribution is 7.00. The lowest BCUT2D eigenvalue weighted by molar-refractivity contribution is 0.411. The van der Waals surface area contributed by atoms with Crippen molar-refractivity contribution in [3.63, 3.8) is 0 Å². The number of aromatic nitrogens is 2. The van der Waals surface area contributed by atoms with Gasteiger partial charge in [-0.25, -0.2) is 0 Å². The molecule has 0 fully saturated rings. The highest BCUT2D eigenvalue weighted by Gasteiger charge is 2.46. The Balaban J connectivity index is 1.12. The number of anilines is 6. The molecule has 0 saturated carbocycles. The van der Waals surface area contributed by atoms with Crippen molar-refractivity contribution in [2.45, 2.75) is 241 Å². The summed E-state index contributed by atoms with van der Waals surface area (Å²) in [6.07, 6.45) is -1.97. The predicted molar refractivity (Wildman–Crippen MR) is 541 cm³/mol. The van der Waals surface area contributed by atoms with Crippen LogP contribution in [0.25, 0.3) is 99.5 Å². The lowest BCUT2D eigenvalue weighted by Gasteiger charge is -2.46. The van der Waals surface area contributed by atoms with Crippen LogP contribution in [-0.2, 0) is 53.7 Å². The van der Waals surface area contributed by atoms with E-state index in [0.29, 0.717) is 96.5 Å². The normalized spacial score (nSPS) is 15.3. The van der Waals surface area contributed by atoms with Crippen LogP contribution in [0.15, 0.2) is 255 Å². The molecule has 2 aliphatic rings. The van der Waals surface area contributed by atoms with Crippen molar-refractivity contribution >= 4 is 101 Å². The lowest BCUT2D eigenvalue weighted by Crippen LogP contribution is -2.61. The molecular formula is C119H133BN4. The fraction of sp³-hybridized carbons (Fsp3) is 0.345. The monoisotopic (exact) mass is 1640 g/mol. The quantitative estimate of drug-likeness (QED) is 0.107. The standard InChI is InChI=1S/C119H133BN4/c1-111(2,3)70-75-48-54-102-96(56-75)90-44-28-30-46-100(90)121(102)88-50-52-98-106(66-88)123(104-68-92(78-36-32-40-84(60-78)116(16,17)18)82(73-114(10,11)12)64-94(104)80-38-34-42-86(62-80)118(22,23)24)108-58-77(72-113(7,8)9)59-109-110(108)120(98)99-53-51-89(122-101-47-31-29-45-91(101)97-57-76(49-55-103(97)122)71-112(4,5)6)67-107(99)124(109)105-69-93(79-37-33-41-85(61-79)117(19,20)21)83(74-115(13,14)15)65-95(105)81-39-35-43-87(63-81)119(25,26)27/h28-69H,70-74H2,1-27H3/i28D,29D,30D,31D,44D,45D,46D,47D,73D2,74D2. The van der Waals surface area contributed by atoms with Crippen molar-refractivity contribution in [2.24, 2.45) is 27.1 Å². The summed E-state index contributed by atoms with van der Waals surface area (Å²) in [7, 11) is 0. The molecule has 2 aliphatic heterocycles. The van der Waals surface area contributed by atoms with E-state index in [1.165, 1.54) is 0 Å². The van der Waals surface area contributed by atoms with Gasteiger partial charge >= 0.3 is 0 Å². The highest BCUT2D eigenvalue weighted by atomic mass is 15.2. The zero-order valence-electron chi connectivity index (χ0n) is 90.6. The maximum Gasteiger partial charge on any atom is 0.252 e. The van der Waals surface area contributed by atoms with Crippen LogP contribution in [0.1, 0.15) is 253 Å². The molecule has 124 heavy (non-hydrogen) atoms. The number of benzene rings is 13. The topological polar surface area (TPSA) is 16.3 Å². The van der Waals surface area contributed by atoms with Gasteiger partial charge in [-0.15, -0.1) is 0 Å². The van der Waals surface area contributed by atoms with E-state index in [9.17, 15) is 16.4 Å². The first-order valence-electron chi connectivity index (χ1n) is 50.9. The number of rotatable bonds is 13. The SMILES string of the molecule is [2H]c1c([2H])c([2H])c2c(c1[2H])c1cc(CC(C)(C)C)ccc1n2-c1ccc2c(c1)N(c1cc(-c3cccc(C(C)(C)C)c3)c(C([2H])([2H])C(C)(C)C)cc1-c1cccc(C(C)(C)C)c1)c1cc(CC(C)(C)C)cc3c1B2c1ccc(-n2c4ccc(CC(C)(C)C)cc4c4c([2H])c([2H])c([2H])c([2H])c42)cc1N3c1cc(-c2cccc(C(C)(C)C)c2)c(C([2H])([2H])C(C)(C)C)cc1-c1cccc(C(C)(C)C)c1. The Hall–Kier alpha value is -10.9. The molecule has 2 aromatic heterocycles. The van der Waals surface area contributed by atoms with Crippen LogP contribution in [0.4, 0.5) is 34.1 Å². The number of para-hydroxylation sites is 2. The van der Waals surface area contributed by atoms with Crippen molar-refractivity contribution in [3.8, 4) is 55.9 Å². The smallest absolute Gasteiger partial charge is 0.252 e. The number of fused-ring (bicyclic) bond motifs is 10. The van der Waals surface area contributed by atoms with Gasteiger partial charge in [0.1, 0.15) is 0 Å². The largest absolute Gasteiger partial charge is 0.311 e. The minimum Gasteiger partial charge on any atom is -0.311 e. The third kappa shape index (κ3) is 16.7. The summed E-state index contributed by atoms with van der Waals surface area (Å²) in [6, 6.07) is 72.3. The summed E-state index contributed by atoms with van der Waals surface area (Å²) in [5.41, 5.74) is 21.7. The predicted octanol–water partition coefficient (Wildman–Crippen LogP) is 31.8. The van der Waals surface area contributed by atoms with Crippen LogP contribution in [0.5, 0.6) is 0 Å². The number of hydrogen-bond acceptors (Lipinski definition) is 2. The Morgan fingerprint density at radius 3 is 0.935 bits per heavy atom. The Morgan fingerprint density at radius 2 is 0.605 bits per heavy atom. The summed E-state index contributed by atoms with van der Waals surface area (Å²) in [4.78, 5) is 4.90. The van der Waals surface area contributed by atoms with Crippen molar-refractivity contribution < 1.29 is 16.4 Å². The average Bonchev–Trinajstić information content (AvgIpc) is 0.819. The minimum atomic E-state index is -1.97. The van der Waals surface area contributed by atoms with Gasteiger partial charge < -0.3 is 18.9 Å². The van der Waals surface area contributed by atoms with E-state index < -0.39 is 30.3 Å². The first-order valence-corrected chi connectivity index (χ1v) is 44.9. The molecule has 632 valence electrons. The van der Waals surface area contributed by atoms with E-state index in [-0.39, 0.29) is 86.2 Å². The Kier molecular flexibility index (Phi) is 17.6. The molecule has 5 heteroatoms. The number of nitrogens with zero attached hydrogens (tertiary/aromatic N) is 4. The van der Waals surface area contributed by atoms with E-state index in [2.05, 4.69) is 361 Å². The fourth-order valence-electron chi connectivity index (χ4n) is 19.2. The summed E-state index contributed by atoms with van der Waals surface area (Å²) < 4.78 is 126. The van der Waals surface area contributed by atoms with Crippen LogP contribution in [-0.4, -0.2) is 15.8 Å². The summed E-state index contributed by atoms with van der Waals surface area (Å²) >= 11 is 0. The van der Waals surface area contributed by atoms with Gasteiger partial charge in [-0.05, 0) is 278 Å². The maximum atomic E-state index is 10.8. The van der Waals surface area contributed by atoms with E-state index in [4.69, 9.17) is 0 Å². The van der Waals surface area contributed by atoms with Gasteiger partial charge in [-0.3, -0.25) is 0 Å². The van der Waals surface area contributed by atoms with Crippen molar-refractivity contribution in [1.82, 2.24) is 9.13 Å². The van der Waals surface area contributed by atoms with Crippen LogP contribution in [0.3, 0.4) is 0 Å². The second kappa shape index (κ2) is 30.5. The second-order valence-electron chi connectivity index (χ2n) is 45.6. The summed E-state index contributed by atoms with van der Waals surface area (Å²) in [5, 5.41) is 2.23. The third-order valence-corrected chi connectivity index (χ3v) is 24.7. The second-order valence-corrected chi connectivity index (χ2v) is 45.6. The molecule has 0 saturated heterocycles. The molecule has 0 radical (unpaired) electrons. The fourth-order valence-corrected chi connectivity index (χ4v) is 19.2. The molecule has 0 aliphatic carbocycles. The zero-order chi connectivity index (χ0) is 99.0.